The highest BCUT2D eigenvalue weighted by Gasteiger charge is 2.31. The smallest absolute Gasteiger partial charge is 0.296 e. The normalized spacial score (nSPS) is 17.2. The summed E-state index contributed by atoms with van der Waals surface area (Å²) in [7, 11) is 0. The van der Waals surface area contributed by atoms with Crippen molar-refractivity contribution >= 4 is 11.4 Å². The highest BCUT2D eigenvalue weighted by atomic mass is 16.6. The molecule has 0 aliphatic carbocycles. The molecule has 0 spiro atoms. The molecular weight excluding hydrogens is 274 g/mol. The van der Waals surface area contributed by atoms with E-state index < -0.39 is 0 Å². The molecule has 1 aromatic carbocycles. The van der Waals surface area contributed by atoms with E-state index in [1.54, 1.807) is 6.07 Å². The molecule has 0 radical (unpaired) electrons. The number of fused-ring (bicyclic) bond motifs is 1. The molecule has 21 heavy (non-hydrogen) atoms. The summed E-state index contributed by atoms with van der Waals surface area (Å²) in [6.45, 7) is 5.46. The summed E-state index contributed by atoms with van der Waals surface area (Å²) in [5.74, 6) is 1.05. The Hall–Kier alpha value is -2.02. The Kier molecular flexibility index (Phi) is 3.83. The molecule has 7 nitrogen and oxygen atoms in total. The molecule has 1 fully saturated rings. The second kappa shape index (κ2) is 5.77. The van der Waals surface area contributed by atoms with Crippen molar-refractivity contribution < 1.29 is 14.4 Å². The Bertz CT molecular complexity index is 545. The van der Waals surface area contributed by atoms with E-state index in [1.165, 1.54) is 6.07 Å². The van der Waals surface area contributed by atoms with Gasteiger partial charge in [-0.25, -0.2) is 0 Å². The maximum Gasteiger partial charge on any atom is 0.296 e. The van der Waals surface area contributed by atoms with Gasteiger partial charge >= 0.3 is 0 Å². The number of hydrogen-bond acceptors (Lipinski definition) is 6. The number of nitro groups is 1. The van der Waals surface area contributed by atoms with Crippen LogP contribution in [0, 0.1) is 10.1 Å². The summed E-state index contributed by atoms with van der Waals surface area (Å²) in [6, 6.07) is 3.53. The van der Waals surface area contributed by atoms with Gasteiger partial charge in [0.1, 0.15) is 18.9 Å². The Labute approximate surface area is 123 Å². The molecule has 2 aliphatic rings. The van der Waals surface area contributed by atoms with Gasteiger partial charge in [0.2, 0.25) is 0 Å². The fraction of sp³-hybridized carbons (Fsp3) is 0.571. The van der Waals surface area contributed by atoms with E-state index in [2.05, 4.69) is 17.1 Å². The molecule has 0 saturated carbocycles. The number of anilines is 1. The minimum atomic E-state index is -0.345. The van der Waals surface area contributed by atoms with Crippen LogP contribution in [0.5, 0.6) is 11.5 Å². The lowest BCUT2D eigenvalue weighted by Crippen LogP contribution is -2.57. The summed E-state index contributed by atoms with van der Waals surface area (Å²) >= 11 is 0. The molecule has 0 amide bonds. The lowest BCUT2D eigenvalue weighted by molar-refractivity contribution is -0.384. The fourth-order valence-corrected chi connectivity index (χ4v) is 2.68. The van der Waals surface area contributed by atoms with E-state index in [-0.39, 0.29) is 10.6 Å². The fourth-order valence-electron chi connectivity index (χ4n) is 2.68. The van der Waals surface area contributed by atoms with Gasteiger partial charge in [0, 0.05) is 25.7 Å². The molecule has 114 valence electrons. The third-order valence-corrected chi connectivity index (χ3v) is 3.81. The number of benzene rings is 1. The van der Waals surface area contributed by atoms with Crippen LogP contribution in [0.15, 0.2) is 12.1 Å². The van der Waals surface area contributed by atoms with Crippen LogP contribution in [-0.2, 0) is 0 Å². The molecule has 1 saturated heterocycles. The maximum absolute atomic E-state index is 11.4. The van der Waals surface area contributed by atoms with Crippen molar-refractivity contribution in [3.8, 4) is 11.5 Å². The largest absolute Gasteiger partial charge is 0.486 e. The molecule has 2 aliphatic heterocycles. The van der Waals surface area contributed by atoms with Crippen molar-refractivity contribution in [3.05, 3.63) is 22.2 Å². The maximum atomic E-state index is 11.4. The van der Waals surface area contributed by atoms with Crippen molar-refractivity contribution in [1.29, 1.82) is 0 Å². The minimum Gasteiger partial charge on any atom is -0.486 e. The lowest BCUT2D eigenvalue weighted by atomic mass is 10.1. The van der Waals surface area contributed by atoms with Crippen LogP contribution < -0.4 is 19.7 Å². The Morgan fingerprint density at radius 2 is 2.00 bits per heavy atom. The molecule has 1 aromatic rings. The standard InChI is InChI=1S/C14H19N3O4/c1-2-3-16(10-8-15-9-10)11-6-13-14(21-5-4-20-13)7-12(11)17(18)19/h6-7,10,15H,2-5,8-9H2,1H3. The Morgan fingerprint density at radius 3 is 2.52 bits per heavy atom. The average Bonchev–Trinajstić information content (AvgIpc) is 2.43. The van der Waals surface area contributed by atoms with Crippen molar-refractivity contribution in [3.63, 3.8) is 0 Å². The van der Waals surface area contributed by atoms with Crippen LogP contribution in [0.1, 0.15) is 13.3 Å². The van der Waals surface area contributed by atoms with Crippen LogP contribution in [-0.4, -0.2) is 43.8 Å². The summed E-state index contributed by atoms with van der Waals surface area (Å²) in [5.41, 5.74) is 0.706. The predicted octanol–water partition coefficient (Wildman–Crippen LogP) is 1.55. The number of nitro benzene ring substituents is 1. The van der Waals surface area contributed by atoms with Gasteiger partial charge in [0.15, 0.2) is 11.5 Å². The summed E-state index contributed by atoms with van der Waals surface area (Å²) < 4.78 is 11.0. The van der Waals surface area contributed by atoms with Gasteiger partial charge in [-0.2, -0.15) is 0 Å². The number of hydrogen-bond donors (Lipinski definition) is 1. The average molecular weight is 293 g/mol. The van der Waals surface area contributed by atoms with Gasteiger partial charge in [-0.3, -0.25) is 10.1 Å². The van der Waals surface area contributed by atoms with E-state index in [9.17, 15) is 10.1 Å². The first-order chi connectivity index (χ1) is 10.2. The van der Waals surface area contributed by atoms with Gasteiger partial charge in [-0.05, 0) is 6.42 Å². The number of ether oxygens (including phenoxy) is 2. The van der Waals surface area contributed by atoms with Gasteiger partial charge in [0.25, 0.3) is 5.69 Å². The number of rotatable bonds is 5. The van der Waals surface area contributed by atoms with Crippen molar-refractivity contribution in [2.45, 2.75) is 19.4 Å². The third kappa shape index (κ3) is 2.61. The van der Waals surface area contributed by atoms with Crippen LogP contribution in [0.2, 0.25) is 0 Å². The zero-order valence-corrected chi connectivity index (χ0v) is 12.0. The first-order valence-electron chi connectivity index (χ1n) is 7.26. The Balaban J connectivity index is 2.03. The summed E-state index contributed by atoms with van der Waals surface area (Å²) in [6.07, 6.45) is 0.933. The second-order valence-corrected chi connectivity index (χ2v) is 5.25. The number of nitrogens with zero attached hydrogens (tertiary/aromatic N) is 2. The highest BCUT2D eigenvalue weighted by molar-refractivity contribution is 5.70. The van der Waals surface area contributed by atoms with Crippen LogP contribution in [0.3, 0.4) is 0 Å². The van der Waals surface area contributed by atoms with E-state index in [1.807, 2.05) is 0 Å². The molecule has 7 heteroatoms. The zero-order chi connectivity index (χ0) is 14.8. The second-order valence-electron chi connectivity index (χ2n) is 5.25. The van der Waals surface area contributed by atoms with E-state index >= 15 is 0 Å². The Morgan fingerprint density at radius 1 is 1.33 bits per heavy atom. The topological polar surface area (TPSA) is 76.9 Å². The highest BCUT2D eigenvalue weighted by Crippen LogP contribution is 2.41. The molecule has 0 bridgehead atoms. The molecule has 3 rings (SSSR count). The SMILES string of the molecule is CCCN(c1cc2c(cc1[N+](=O)[O-])OCCO2)C1CNC1. The summed E-state index contributed by atoms with van der Waals surface area (Å²) in [4.78, 5) is 13.2. The van der Waals surface area contributed by atoms with Crippen LogP contribution in [0.25, 0.3) is 0 Å². The zero-order valence-electron chi connectivity index (χ0n) is 12.0. The van der Waals surface area contributed by atoms with Crippen LogP contribution >= 0.6 is 0 Å². The van der Waals surface area contributed by atoms with Crippen molar-refractivity contribution in [1.82, 2.24) is 5.32 Å². The molecule has 0 aromatic heterocycles. The molecular formula is C14H19N3O4. The van der Waals surface area contributed by atoms with Crippen molar-refractivity contribution in [2.75, 3.05) is 37.7 Å². The van der Waals surface area contributed by atoms with Gasteiger partial charge in [-0.1, -0.05) is 6.92 Å². The third-order valence-electron chi connectivity index (χ3n) is 3.81. The molecule has 2 heterocycles. The molecule has 1 N–H and O–H groups in total. The van der Waals surface area contributed by atoms with Crippen molar-refractivity contribution in [2.24, 2.45) is 0 Å². The van der Waals surface area contributed by atoms with E-state index in [0.717, 1.165) is 26.1 Å². The first kappa shape index (κ1) is 13.9. The van der Waals surface area contributed by atoms with Gasteiger partial charge in [0.05, 0.1) is 17.0 Å². The van der Waals surface area contributed by atoms with E-state index in [0.29, 0.717) is 36.4 Å². The quantitative estimate of drug-likeness (QED) is 0.655. The first-order valence-corrected chi connectivity index (χ1v) is 7.26. The van der Waals surface area contributed by atoms with E-state index in [4.69, 9.17) is 9.47 Å². The van der Waals surface area contributed by atoms with Gasteiger partial charge in [-0.15, -0.1) is 0 Å². The summed E-state index contributed by atoms with van der Waals surface area (Å²) in [5, 5.41) is 14.6. The molecule has 0 unspecified atom stereocenters. The monoisotopic (exact) mass is 293 g/mol. The lowest BCUT2D eigenvalue weighted by Gasteiger charge is -2.39. The minimum absolute atomic E-state index is 0.0830. The van der Waals surface area contributed by atoms with Gasteiger partial charge < -0.3 is 19.7 Å². The van der Waals surface area contributed by atoms with Crippen LogP contribution in [0.4, 0.5) is 11.4 Å². The number of nitrogens with one attached hydrogen (secondary N) is 1. The molecule has 0 atom stereocenters. The predicted molar refractivity (Wildman–Crippen MR) is 78.4 cm³/mol.